The molecule has 3 heteroatoms. The highest BCUT2D eigenvalue weighted by Crippen LogP contribution is 2.46. The molecular formula is C10H16N2O. The SMILES string of the molecule is CCC(C)c1noc(C2(C)CC2)n1. The van der Waals surface area contributed by atoms with E-state index in [1.807, 2.05) is 0 Å². The van der Waals surface area contributed by atoms with Crippen molar-refractivity contribution in [1.29, 1.82) is 0 Å². The first-order valence-corrected chi connectivity index (χ1v) is 5.00. The molecule has 1 heterocycles. The lowest BCUT2D eigenvalue weighted by Gasteiger charge is -2.00. The van der Waals surface area contributed by atoms with Crippen LogP contribution in [0.5, 0.6) is 0 Å². The Morgan fingerprint density at radius 1 is 1.54 bits per heavy atom. The van der Waals surface area contributed by atoms with E-state index in [-0.39, 0.29) is 5.41 Å². The number of hydrogen-bond donors (Lipinski definition) is 0. The van der Waals surface area contributed by atoms with Crippen LogP contribution < -0.4 is 0 Å². The molecule has 3 nitrogen and oxygen atoms in total. The molecule has 0 N–H and O–H groups in total. The fraction of sp³-hybridized carbons (Fsp3) is 0.800. The van der Waals surface area contributed by atoms with Gasteiger partial charge in [-0.25, -0.2) is 0 Å². The molecule has 0 bridgehead atoms. The summed E-state index contributed by atoms with van der Waals surface area (Å²) in [7, 11) is 0. The van der Waals surface area contributed by atoms with Gasteiger partial charge in [-0.2, -0.15) is 4.98 Å². The third-order valence-corrected chi connectivity index (χ3v) is 3.01. The zero-order chi connectivity index (χ0) is 9.47. The predicted octanol–water partition coefficient (Wildman–Crippen LogP) is 2.63. The molecule has 1 aromatic heterocycles. The van der Waals surface area contributed by atoms with Crippen molar-refractivity contribution >= 4 is 0 Å². The Kier molecular flexibility index (Phi) is 1.90. The molecule has 1 aliphatic carbocycles. The van der Waals surface area contributed by atoms with Crippen molar-refractivity contribution < 1.29 is 4.52 Å². The second-order valence-corrected chi connectivity index (χ2v) is 4.33. The zero-order valence-corrected chi connectivity index (χ0v) is 8.50. The minimum absolute atomic E-state index is 0.207. The van der Waals surface area contributed by atoms with Crippen LogP contribution in [0.3, 0.4) is 0 Å². The van der Waals surface area contributed by atoms with Crippen LogP contribution in [-0.4, -0.2) is 10.1 Å². The van der Waals surface area contributed by atoms with Crippen LogP contribution in [0.15, 0.2) is 4.52 Å². The zero-order valence-electron chi connectivity index (χ0n) is 8.50. The van der Waals surface area contributed by atoms with Gasteiger partial charge in [0, 0.05) is 11.3 Å². The maximum atomic E-state index is 5.25. The molecule has 72 valence electrons. The van der Waals surface area contributed by atoms with Gasteiger partial charge < -0.3 is 4.52 Å². The fourth-order valence-electron chi connectivity index (χ4n) is 1.26. The van der Waals surface area contributed by atoms with Crippen molar-refractivity contribution in [2.24, 2.45) is 0 Å². The van der Waals surface area contributed by atoms with Crippen LogP contribution >= 0.6 is 0 Å². The van der Waals surface area contributed by atoms with E-state index in [4.69, 9.17) is 4.52 Å². The minimum atomic E-state index is 0.207. The molecule has 0 aliphatic heterocycles. The van der Waals surface area contributed by atoms with E-state index < -0.39 is 0 Å². The molecule has 1 unspecified atom stereocenters. The van der Waals surface area contributed by atoms with Gasteiger partial charge in [0.05, 0.1) is 0 Å². The van der Waals surface area contributed by atoms with Crippen molar-refractivity contribution in [2.45, 2.75) is 51.4 Å². The molecule has 1 fully saturated rings. The molecule has 2 rings (SSSR count). The van der Waals surface area contributed by atoms with Gasteiger partial charge in [-0.1, -0.05) is 25.9 Å². The van der Waals surface area contributed by atoms with Gasteiger partial charge in [0.25, 0.3) is 0 Å². The van der Waals surface area contributed by atoms with Crippen LogP contribution in [-0.2, 0) is 5.41 Å². The summed E-state index contributed by atoms with van der Waals surface area (Å²) in [6, 6.07) is 0. The van der Waals surface area contributed by atoms with E-state index in [1.165, 1.54) is 12.8 Å². The second kappa shape index (κ2) is 2.82. The number of aromatic nitrogens is 2. The average Bonchev–Trinajstić information content (AvgIpc) is 2.72. The Hall–Kier alpha value is -0.860. The summed E-state index contributed by atoms with van der Waals surface area (Å²) in [5.74, 6) is 2.12. The average molecular weight is 180 g/mol. The van der Waals surface area contributed by atoms with Crippen molar-refractivity contribution in [3.05, 3.63) is 11.7 Å². The summed E-state index contributed by atoms with van der Waals surface area (Å²) in [5, 5.41) is 4.01. The normalized spacial score (nSPS) is 21.5. The van der Waals surface area contributed by atoms with Gasteiger partial charge in [-0.15, -0.1) is 0 Å². The molecule has 1 aromatic rings. The fourth-order valence-corrected chi connectivity index (χ4v) is 1.26. The highest BCUT2D eigenvalue weighted by molar-refractivity contribution is 5.13. The van der Waals surface area contributed by atoms with E-state index in [0.717, 1.165) is 18.1 Å². The second-order valence-electron chi connectivity index (χ2n) is 4.33. The van der Waals surface area contributed by atoms with E-state index in [0.29, 0.717) is 5.92 Å². The Bertz CT molecular complexity index is 302. The quantitative estimate of drug-likeness (QED) is 0.717. The van der Waals surface area contributed by atoms with Crippen LogP contribution in [0.4, 0.5) is 0 Å². The van der Waals surface area contributed by atoms with Crippen LogP contribution in [0, 0.1) is 0 Å². The number of nitrogens with zero attached hydrogens (tertiary/aromatic N) is 2. The molecule has 0 radical (unpaired) electrons. The lowest BCUT2D eigenvalue weighted by Crippen LogP contribution is -2.01. The third kappa shape index (κ3) is 1.47. The summed E-state index contributed by atoms with van der Waals surface area (Å²) >= 11 is 0. The molecule has 0 amide bonds. The first-order chi connectivity index (χ1) is 6.15. The largest absolute Gasteiger partial charge is 0.339 e. The number of hydrogen-bond acceptors (Lipinski definition) is 3. The smallest absolute Gasteiger partial charge is 0.232 e. The Balaban J connectivity index is 2.18. The Morgan fingerprint density at radius 2 is 2.23 bits per heavy atom. The maximum Gasteiger partial charge on any atom is 0.232 e. The highest BCUT2D eigenvalue weighted by atomic mass is 16.5. The van der Waals surface area contributed by atoms with Gasteiger partial charge in [-0.3, -0.25) is 0 Å². The van der Waals surface area contributed by atoms with Crippen molar-refractivity contribution in [2.75, 3.05) is 0 Å². The van der Waals surface area contributed by atoms with Crippen molar-refractivity contribution in [1.82, 2.24) is 10.1 Å². The molecule has 0 spiro atoms. The molecule has 1 saturated carbocycles. The minimum Gasteiger partial charge on any atom is -0.339 e. The van der Waals surface area contributed by atoms with Crippen molar-refractivity contribution in [3.8, 4) is 0 Å². The monoisotopic (exact) mass is 180 g/mol. The van der Waals surface area contributed by atoms with E-state index in [2.05, 4.69) is 30.9 Å². The van der Waals surface area contributed by atoms with Gasteiger partial charge in [-0.05, 0) is 19.3 Å². The molecule has 1 atom stereocenters. The summed E-state index contributed by atoms with van der Waals surface area (Å²) in [6.45, 7) is 6.45. The molecule has 13 heavy (non-hydrogen) atoms. The lowest BCUT2D eigenvalue weighted by atomic mass is 10.1. The van der Waals surface area contributed by atoms with Crippen LogP contribution in [0.25, 0.3) is 0 Å². The first-order valence-electron chi connectivity index (χ1n) is 5.00. The van der Waals surface area contributed by atoms with Gasteiger partial charge in [0.1, 0.15) is 0 Å². The summed E-state index contributed by atoms with van der Waals surface area (Å²) in [4.78, 5) is 4.44. The Morgan fingerprint density at radius 3 is 2.77 bits per heavy atom. The lowest BCUT2D eigenvalue weighted by molar-refractivity contribution is 0.347. The summed E-state index contributed by atoms with van der Waals surface area (Å²) in [6.07, 6.45) is 3.44. The molecule has 1 aliphatic rings. The topological polar surface area (TPSA) is 38.9 Å². The summed E-state index contributed by atoms with van der Waals surface area (Å²) < 4.78 is 5.25. The van der Waals surface area contributed by atoms with E-state index in [9.17, 15) is 0 Å². The first kappa shape index (κ1) is 8.73. The van der Waals surface area contributed by atoms with E-state index >= 15 is 0 Å². The summed E-state index contributed by atoms with van der Waals surface area (Å²) in [5.41, 5.74) is 0.207. The maximum absolute atomic E-state index is 5.25. The Labute approximate surface area is 78.5 Å². The van der Waals surface area contributed by atoms with Crippen LogP contribution in [0.2, 0.25) is 0 Å². The third-order valence-electron chi connectivity index (χ3n) is 3.01. The van der Waals surface area contributed by atoms with Crippen LogP contribution in [0.1, 0.15) is 57.7 Å². The number of rotatable bonds is 3. The molecular weight excluding hydrogens is 164 g/mol. The van der Waals surface area contributed by atoms with Gasteiger partial charge in [0.2, 0.25) is 5.89 Å². The van der Waals surface area contributed by atoms with Gasteiger partial charge in [0.15, 0.2) is 5.82 Å². The highest BCUT2D eigenvalue weighted by Gasteiger charge is 2.44. The standard InChI is InChI=1S/C10H16N2O/c1-4-7(2)8-11-9(13-12-8)10(3)5-6-10/h7H,4-6H2,1-3H3. The van der Waals surface area contributed by atoms with Gasteiger partial charge >= 0.3 is 0 Å². The van der Waals surface area contributed by atoms with E-state index in [1.54, 1.807) is 0 Å². The predicted molar refractivity (Wildman–Crippen MR) is 49.6 cm³/mol. The molecule has 0 saturated heterocycles. The molecule has 0 aromatic carbocycles. The van der Waals surface area contributed by atoms with Crippen molar-refractivity contribution in [3.63, 3.8) is 0 Å².